The van der Waals surface area contributed by atoms with Gasteiger partial charge in [0, 0.05) is 29.5 Å². The van der Waals surface area contributed by atoms with Crippen molar-refractivity contribution in [3.63, 3.8) is 0 Å². The van der Waals surface area contributed by atoms with Crippen molar-refractivity contribution in [2.24, 2.45) is 0 Å². The number of hydrogen-bond donors (Lipinski definition) is 1. The van der Waals surface area contributed by atoms with Gasteiger partial charge < -0.3 is 18.9 Å². The van der Waals surface area contributed by atoms with Crippen molar-refractivity contribution in [1.29, 1.82) is 0 Å². The lowest BCUT2D eigenvalue weighted by molar-refractivity contribution is -0.116. The van der Waals surface area contributed by atoms with E-state index in [9.17, 15) is 17.8 Å². The fraction of sp³-hybridized carbons (Fsp3) is 0.333. The molecule has 9 nitrogen and oxygen atoms in total. The molecule has 0 radical (unpaired) electrons. The molecule has 11 heteroatoms. The van der Waals surface area contributed by atoms with Crippen molar-refractivity contribution in [3.05, 3.63) is 65.9 Å². The lowest BCUT2D eigenvalue weighted by atomic mass is 10.1. The topological polar surface area (TPSA) is 125 Å². The van der Waals surface area contributed by atoms with Gasteiger partial charge in [0.2, 0.25) is 5.91 Å². The van der Waals surface area contributed by atoms with Crippen molar-refractivity contribution in [3.8, 4) is 11.3 Å². The van der Waals surface area contributed by atoms with Crippen LogP contribution in [-0.2, 0) is 40.8 Å². The Morgan fingerprint density at radius 3 is 2.23 bits per heavy atom. The number of hydrogen-bond acceptors (Lipinski definition) is 8. The number of sulfone groups is 1. The molecule has 0 unspecified atom stereocenters. The highest BCUT2D eigenvalue weighted by atomic mass is 32.2. The molecule has 0 bridgehead atoms. The van der Waals surface area contributed by atoms with Gasteiger partial charge in [-0.05, 0) is 62.2 Å². The van der Waals surface area contributed by atoms with Crippen LogP contribution in [0.2, 0.25) is 0 Å². The van der Waals surface area contributed by atoms with Crippen LogP contribution in [0.25, 0.3) is 11.3 Å². The Balaban J connectivity index is 1.58. The molecule has 0 aliphatic rings. The first-order valence-corrected chi connectivity index (χ1v) is 14.8. The number of aryl methyl sites for hydroxylation is 1. The number of rotatable bonds is 12. The Morgan fingerprint density at radius 2 is 1.66 bits per heavy atom. The van der Waals surface area contributed by atoms with Gasteiger partial charge in [0.1, 0.15) is 0 Å². The first-order valence-electron chi connectivity index (χ1n) is 11.1. The molecule has 1 aromatic heterocycles. The normalized spacial score (nSPS) is 12.0. The van der Waals surface area contributed by atoms with Gasteiger partial charge in [0.05, 0.1) is 30.5 Å². The van der Waals surface area contributed by atoms with Crippen molar-refractivity contribution >= 4 is 29.0 Å². The number of aromatic nitrogens is 1. The zero-order valence-corrected chi connectivity index (χ0v) is 21.6. The van der Waals surface area contributed by atoms with Crippen molar-refractivity contribution in [1.82, 2.24) is 5.16 Å². The highest BCUT2D eigenvalue weighted by molar-refractivity contribution is 7.90. The van der Waals surface area contributed by atoms with Crippen LogP contribution in [0.5, 0.6) is 0 Å². The maximum absolute atomic E-state index is 12.7. The van der Waals surface area contributed by atoms with Gasteiger partial charge in [-0.3, -0.25) is 9.36 Å². The molecule has 0 aliphatic carbocycles. The number of nitrogens with one attached hydrogen (secondary N) is 1. The van der Waals surface area contributed by atoms with Gasteiger partial charge in [-0.25, -0.2) is 8.42 Å². The molecule has 3 aromatic rings. The van der Waals surface area contributed by atoms with E-state index in [4.69, 9.17) is 13.6 Å². The summed E-state index contributed by atoms with van der Waals surface area (Å²) >= 11 is 0. The van der Waals surface area contributed by atoms with E-state index in [0.29, 0.717) is 36.6 Å². The van der Waals surface area contributed by atoms with Crippen LogP contribution < -0.4 is 5.32 Å². The fourth-order valence-corrected chi connectivity index (χ4v) is 5.77. The minimum Gasteiger partial charge on any atom is -0.356 e. The van der Waals surface area contributed by atoms with Crippen molar-refractivity contribution < 1.29 is 31.3 Å². The lowest BCUT2D eigenvalue weighted by Gasteiger charge is -2.17. The molecular weight excluding hydrogens is 491 g/mol. The van der Waals surface area contributed by atoms with Crippen LogP contribution in [0, 0.1) is 0 Å². The molecule has 0 saturated heterocycles. The Bertz CT molecular complexity index is 1280. The second kappa shape index (κ2) is 11.8. The minimum absolute atomic E-state index is 0.157. The lowest BCUT2D eigenvalue weighted by Crippen LogP contribution is -2.12. The third-order valence-electron chi connectivity index (χ3n) is 5.08. The van der Waals surface area contributed by atoms with E-state index in [1.54, 1.807) is 56.4 Å². The molecule has 3 rings (SSSR count). The first kappa shape index (κ1) is 26.8. The summed E-state index contributed by atoms with van der Waals surface area (Å²) in [5.41, 5.74) is 2.81. The Hall–Kier alpha value is -2.78. The standard InChI is InChI=1S/C24H29N2O7PS/c1-4-31-34(28,32-5-2)17-18-6-11-21(12-7-18)26-23(27)15-10-20-16-25-33-24(20)19-8-13-22(14-9-19)35(3,29)30/h6-9,11-14,16H,4-5,10,15,17H2,1-3H3,(H,26,27). The summed E-state index contributed by atoms with van der Waals surface area (Å²) in [5, 5.41) is 6.67. The first-order chi connectivity index (χ1) is 16.6. The number of anilines is 1. The molecule has 1 heterocycles. The molecule has 0 saturated carbocycles. The number of carbonyl (C=O) groups excluding carboxylic acids is 1. The third kappa shape index (κ3) is 7.60. The fourth-order valence-electron chi connectivity index (χ4n) is 3.44. The molecule has 1 amide bonds. The average Bonchev–Trinajstić information content (AvgIpc) is 3.27. The van der Waals surface area contributed by atoms with Gasteiger partial charge in [0.25, 0.3) is 0 Å². The Morgan fingerprint density at radius 1 is 1.03 bits per heavy atom. The number of carbonyl (C=O) groups is 1. The molecule has 35 heavy (non-hydrogen) atoms. The predicted octanol–water partition coefficient (Wildman–Crippen LogP) is 5.08. The largest absolute Gasteiger partial charge is 0.356 e. The average molecular weight is 521 g/mol. The summed E-state index contributed by atoms with van der Waals surface area (Å²) in [4.78, 5) is 12.7. The van der Waals surface area contributed by atoms with Gasteiger partial charge >= 0.3 is 7.60 Å². The van der Waals surface area contributed by atoms with Crippen LogP contribution in [0.4, 0.5) is 5.69 Å². The number of benzene rings is 2. The minimum atomic E-state index is -3.29. The summed E-state index contributed by atoms with van der Waals surface area (Å²) in [6, 6.07) is 13.4. The third-order valence-corrected chi connectivity index (χ3v) is 8.26. The van der Waals surface area contributed by atoms with E-state index in [2.05, 4.69) is 10.5 Å². The Labute approximate surface area is 205 Å². The molecule has 2 aromatic carbocycles. The second-order valence-electron chi connectivity index (χ2n) is 7.83. The molecule has 0 spiro atoms. The summed E-state index contributed by atoms with van der Waals surface area (Å²) in [7, 11) is -6.49. The van der Waals surface area contributed by atoms with E-state index in [0.717, 1.165) is 17.4 Å². The van der Waals surface area contributed by atoms with Gasteiger partial charge in [-0.15, -0.1) is 0 Å². The summed E-state index contributed by atoms with van der Waals surface area (Å²) < 4.78 is 52.0. The van der Waals surface area contributed by atoms with Crippen LogP contribution >= 0.6 is 7.60 Å². The maximum atomic E-state index is 12.7. The quantitative estimate of drug-likeness (QED) is 0.328. The monoisotopic (exact) mass is 520 g/mol. The maximum Gasteiger partial charge on any atom is 0.335 e. The highest BCUT2D eigenvalue weighted by Crippen LogP contribution is 2.51. The van der Waals surface area contributed by atoms with E-state index < -0.39 is 17.4 Å². The Kier molecular flexibility index (Phi) is 9.02. The molecule has 1 N–H and O–H groups in total. The van der Waals surface area contributed by atoms with Crippen LogP contribution in [0.1, 0.15) is 31.4 Å². The van der Waals surface area contributed by atoms with E-state index in [-0.39, 0.29) is 23.4 Å². The molecule has 0 atom stereocenters. The highest BCUT2D eigenvalue weighted by Gasteiger charge is 2.24. The summed E-state index contributed by atoms with van der Waals surface area (Å²) in [6.45, 7) is 4.12. The zero-order chi connectivity index (χ0) is 25.5. The van der Waals surface area contributed by atoms with E-state index in [1.165, 1.54) is 12.1 Å². The van der Waals surface area contributed by atoms with Crippen LogP contribution in [-0.4, -0.2) is 39.0 Å². The number of amides is 1. The van der Waals surface area contributed by atoms with Crippen molar-refractivity contribution in [2.45, 2.75) is 37.7 Å². The SMILES string of the molecule is CCOP(=O)(Cc1ccc(NC(=O)CCc2cnoc2-c2ccc(S(C)(=O)=O)cc2)cc1)OCC. The van der Waals surface area contributed by atoms with Gasteiger partial charge in [0.15, 0.2) is 15.6 Å². The van der Waals surface area contributed by atoms with Crippen LogP contribution in [0.3, 0.4) is 0 Å². The smallest absolute Gasteiger partial charge is 0.335 e. The molecular formula is C24H29N2O7PS. The van der Waals surface area contributed by atoms with Gasteiger partial charge in [-0.2, -0.15) is 0 Å². The summed E-state index contributed by atoms with van der Waals surface area (Å²) in [5.74, 6) is 0.307. The predicted molar refractivity (Wildman–Crippen MR) is 133 cm³/mol. The van der Waals surface area contributed by atoms with Crippen molar-refractivity contribution in [2.75, 3.05) is 24.8 Å². The molecule has 0 fully saturated rings. The molecule has 188 valence electrons. The molecule has 0 aliphatic heterocycles. The van der Waals surface area contributed by atoms with Crippen LogP contribution in [0.15, 0.2) is 64.1 Å². The van der Waals surface area contributed by atoms with E-state index >= 15 is 0 Å². The second-order valence-corrected chi connectivity index (χ2v) is 11.9. The summed E-state index contributed by atoms with van der Waals surface area (Å²) in [6.07, 6.45) is 3.44. The zero-order valence-electron chi connectivity index (χ0n) is 19.9. The van der Waals surface area contributed by atoms with Gasteiger partial charge in [-0.1, -0.05) is 17.3 Å². The number of nitrogens with zero attached hydrogens (tertiary/aromatic N) is 1. The van der Waals surface area contributed by atoms with E-state index in [1.807, 2.05) is 0 Å².